The first kappa shape index (κ1) is 16.5. The van der Waals surface area contributed by atoms with Gasteiger partial charge in [0, 0.05) is 12.6 Å². The van der Waals surface area contributed by atoms with E-state index in [4.69, 9.17) is 5.73 Å². The Hall–Kier alpha value is -0.910. The molecule has 1 aromatic carbocycles. The van der Waals surface area contributed by atoms with Crippen molar-refractivity contribution in [1.29, 1.82) is 0 Å². The molecule has 5 heteroatoms. The lowest BCUT2D eigenvalue weighted by atomic mass is 9.84. The molecule has 1 unspecified atom stereocenters. The van der Waals surface area contributed by atoms with E-state index in [1.54, 1.807) is 12.1 Å². The normalized spacial score (nSPS) is 18.6. The lowest BCUT2D eigenvalue weighted by molar-refractivity contribution is 0.443. The van der Waals surface area contributed by atoms with Crippen LogP contribution in [0.4, 0.5) is 0 Å². The number of nitrogens with two attached hydrogens (primary N) is 1. The Morgan fingerprint density at radius 2 is 1.81 bits per heavy atom. The smallest absolute Gasteiger partial charge is 0.240 e. The van der Waals surface area contributed by atoms with Crippen LogP contribution >= 0.6 is 0 Å². The molecule has 1 aliphatic carbocycles. The Bertz CT molecular complexity index is 530. The average molecular weight is 310 g/mol. The number of rotatable bonds is 6. The molecular weight excluding hydrogens is 284 g/mol. The largest absolute Gasteiger partial charge is 0.329 e. The Labute approximate surface area is 128 Å². The van der Waals surface area contributed by atoms with Crippen LogP contribution < -0.4 is 10.5 Å². The predicted octanol–water partition coefficient (Wildman–Crippen LogP) is 2.75. The fraction of sp³-hybridized carbons (Fsp3) is 0.625. The Kier molecular flexibility index (Phi) is 5.79. The SMILES string of the molecule is CCC(CN)NS(=O)(=O)c1ccc(C2CCCCC2)cc1. The van der Waals surface area contributed by atoms with E-state index in [0.29, 0.717) is 23.8 Å². The minimum Gasteiger partial charge on any atom is -0.329 e. The number of sulfonamides is 1. The molecule has 1 aromatic rings. The average Bonchev–Trinajstić information content (AvgIpc) is 2.53. The molecule has 1 atom stereocenters. The van der Waals surface area contributed by atoms with Crippen LogP contribution in [0.5, 0.6) is 0 Å². The first-order valence-electron chi connectivity index (χ1n) is 7.89. The third-order valence-electron chi connectivity index (χ3n) is 4.37. The number of benzene rings is 1. The maximum Gasteiger partial charge on any atom is 0.240 e. The van der Waals surface area contributed by atoms with Gasteiger partial charge in [-0.1, -0.05) is 38.3 Å². The highest BCUT2D eigenvalue weighted by atomic mass is 32.2. The molecule has 1 fully saturated rings. The predicted molar refractivity (Wildman–Crippen MR) is 85.7 cm³/mol. The van der Waals surface area contributed by atoms with Crippen molar-refractivity contribution in [2.75, 3.05) is 6.54 Å². The second-order valence-corrected chi connectivity index (χ2v) is 7.58. The summed E-state index contributed by atoms with van der Waals surface area (Å²) in [6.07, 6.45) is 7.01. The summed E-state index contributed by atoms with van der Waals surface area (Å²) in [6.45, 7) is 2.24. The summed E-state index contributed by atoms with van der Waals surface area (Å²) >= 11 is 0. The van der Waals surface area contributed by atoms with Crippen molar-refractivity contribution < 1.29 is 8.42 Å². The van der Waals surface area contributed by atoms with Gasteiger partial charge in [0.15, 0.2) is 0 Å². The Morgan fingerprint density at radius 1 is 1.19 bits per heavy atom. The third kappa shape index (κ3) is 4.28. The van der Waals surface area contributed by atoms with Crippen molar-refractivity contribution in [3.8, 4) is 0 Å². The van der Waals surface area contributed by atoms with E-state index in [9.17, 15) is 8.42 Å². The zero-order valence-corrected chi connectivity index (χ0v) is 13.5. The molecule has 2 rings (SSSR count). The van der Waals surface area contributed by atoms with E-state index in [1.807, 2.05) is 19.1 Å². The molecule has 0 heterocycles. The van der Waals surface area contributed by atoms with Crippen LogP contribution in [0.3, 0.4) is 0 Å². The van der Waals surface area contributed by atoms with Gasteiger partial charge in [-0.3, -0.25) is 0 Å². The molecule has 0 amide bonds. The van der Waals surface area contributed by atoms with E-state index in [1.165, 1.54) is 37.7 Å². The molecule has 0 radical (unpaired) electrons. The minimum absolute atomic E-state index is 0.201. The summed E-state index contributed by atoms with van der Waals surface area (Å²) in [5.41, 5.74) is 6.83. The molecular formula is C16H26N2O2S. The van der Waals surface area contributed by atoms with Crippen LogP contribution in [0.15, 0.2) is 29.2 Å². The number of hydrogen-bond acceptors (Lipinski definition) is 3. The van der Waals surface area contributed by atoms with Crippen molar-refractivity contribution in [3.63, 3.8) is 0 Å². The summed E-state index contributed by atoms with van der Waals surface area (Å²) in [5, 5.41) is 0. The van der Waals surface area contributed by atoms with E-state index in [0.717, 1.165) is 0 Å². The Morgan fingerprint density at radius 3 is 2.33 bits per heavy atom. The molecule has 1 aliphatic rings. The highest BCUT2D eigenvalue weighted by molar-refractivity contribution is 7.89. The van der Waals surface area contributed by atoms with Gasteiger partial charge in [-0.25, -0.2) is 13.1 Å². The standard InChI is InChI=1S/C16H26N2O2S/c1-2-15(12-17)18-21(19,20)16-10-8-14(9-11-16)13-6-4-3-5-7-13/h8-11,13,15,18H,2-7,12,17H2,1H3. The zero-order valence-electron chi connectivity index (χ0n) is 12.7. The lowest BCUT2D eigenvalue weighted by Crippen LogP contribution is -2.39. The van der Waals surface area contributed by atoms with Crippen LogP contribution in [0, 0.1) is 0 Å². The van der Waals surface area contributed by atoms with E-state index < -0.39 is 10.0 Å². The van der Waals surface area contributed by atoms with Gasteiger partial charge in [-0.2, -0.15) is 0 Å². The van der Waals surface area contributed by atoms with Gasteiger partial charge in [0.05, 0.1) is 4.90 Å². The van der Waals surface area contributed by atoms with Gasteiger partial charge in [0.1, 0.15) is 0 Å². The van der Waals surface area contributed by atoms with Crippen LogP contribution in [0.25, 0.3) is 0 Å². The molecule has 1 saturated carbocycles. The van der Waals surface area contributed by atoms with Gasteiger partial charge in [-0.15, -0.1) is 0 Å². The summed E-state index contributed by atoms with van der Waals surface area (Å²) < 4.78 is 27.2. The number of hydrogen-bond donors (Lipinski definition) is 2. The summed E-state index contributed by atoms with van der Waals surface area (Å²) in [6, 6.07) is 7.17. The van der Waals surface area contributed by atoms with Crippen LogP contribution in [-0.4, -0.2) is 21.0 Å². The van der Waals surface area contributed by atoms with Gasteiger partial charge < -0.3 is 5.73 Å². The molecule has 0 aromatic heterocycles. The Balaban J connectivity index is 2.10. The summed E-state index contributed by atoms with van der Waals surface area (Å²) in [5.74, 6) is 0.593. The molecule has 21 heavy (non-hydrogen) atoms. The van der Waals surface area contributed by atoms with Gasteiger partial charge >= 0.3 is 0 Å². The molecule has 4 nitrogen and oxygen atoms in total. The summed E-state index contributed by atoms with van der Waals surface area (Å²) in [7, 11) is -3.46. The first-order valence-corrected chi connectivity index (χ1v) is 9.37. The fourth-order valence-corrected chi connectivity index (χ4v) is 4.27. The maximum atomic E-state index is 12.3. The summed E-state index contributed by atoms with van der Waals surface area (Å²) in [4.78, 5) is 0.328. The lowest BCUT2D eigenvalue weighted by Gasteiger charge is -2.22. The van der Waals surface area contributed by atoms with Crippen molar-refractivity contribution in [2.45, 2.75) is 62.3 Å². The second-order valence-electron chi connectivity index (χ2n) is 5.87. The van der Waals surface area contributed by atoms with E-state index in [-0.39, 0.29) is 6.04 Å². The van der Waals surface area contributed by atoms with Gasteiger partial charge in [0.25, 0.3) is 0 Å². The van der Waals surface area contributed by atoms with Crippen LogP contribution in [0.1, 0.15) is 56.9 Å². The van der Waals surface area contributed by atoms with Crippen molar-refractivity contribution in [1.82, 2.24) is 4.72 Å². The molecule has 0 saturated heterocycles. The van der Waals surface area contributed by atoms with E-state index in [2.05, 4.69) is 4.72 Å². The quantitative estimate of drug-likeness (QED) is 0.848. The molecule has 118 valence electrons. The minimum atomic E-state index is -3.46. The zero-order chi connectivity index (χ0) is 15.3. The highest BCUT2D eigenvalue weighted by Crippen LogP contribution is 2.32. The molecule has 3 N–H and O–H groups in total. The van der Waals surface area contributed by atoms with Crippen molar-refractivity contribution in [2.24, 2.45) is 5.73 Å². The van der Waals surface area contributed by atoms with Crippen LogP contribution in [0.2, 0.25) is 0 Å². The maximum absolute atomic E-state index is 12.3. The fourth-order valence-electron chi connectivity index (χ4n) is 2.94. The van der Waals surface area contributed by atoms with Crippen LogP contribution in [-0.2, 0) is 10.0 Å². The number of nitrogens with one attached hydrogen (secondary N) is 1. The first-order chi connectivity index (χ1) is 10.1. The molecule has 0 bridgehead atoms. The topological polar surface area (TPSA) is 72.2 Å². The van der Waals surface area contributed by atoms with Gasteiger partial charge in [0.2, 0.25) is 10.0 Å². The monoisotopic (exact) mass is 310 g/mol. The van der Waals surface area contributed by atoms with Crippen molar-refractivity contribution >= 4 is 10.0 Å². The highest BCUT2D eigenvalue weighted by Gasteiger charge is 2.20. The van der Waals surface area contributed by atoms with Crippen molar-refractivity contribution in [3.05, 3.63) is 29.8 Å². The second kappa shape index (κ2) is 7.38. The van der Waals surface area contributed by atoms with Gasteiger partial charge in [-0.05, 0) is 42.9 Å². The molecule has 0 aliphatic heterocycles. The third-order valence-corrected chi connectivity index (χ3v) is 5.90. The van der Waals surface area contributed by atoms with E-state index >= 15 is 0 Å². The molecule has 0 spiro atoms.